The number of nitrogens with zero attached hydrogens (tertiary/aromatic N) is 3. The van der Waals surface area contributed by atoms with Crippen molar-refractivity contribution >= 4 is 34.5 Å². The van der Waals surface area contributed by atoms with Crippen molar-refractivity contribution in [1.82, 2.24) is 4.57 Å². The predicted molar refractivity (Wildman–Crippen MR) is 129 cm³/mol. The summed E-state index contributed by atoms with van der Waals surface area (Å²) >= 11 is 7.23. The van der Waals surface area contributed by atoms with Gasteiger partial charge in [0.2, 0.25) is 0 Å². The average Bonchev–Trinajstić information content (AvgIpc) is 3.15. The number of hydrogen-bond donors (Lipinski definition) is 0. The van der Waals surface area contributed by atoms with Crippen molar-refractivity contribution in [2.24, 2.45) is 12.0 Å². The molecule has 9 heteroatoms. The molecule has 0 saturated heterocycles. The number of nitro groups is 1. The molecule has 1 aromatic heterocycles. The molecule has 0 N–H and O–H groups in total. The average molecular weight is 480 g/mol. The number of carbonyl (C=O) groups is 1. The van der Waals surface area contributed by atoms with Crippen molar-refractivity contribution < 1.29 is 14.5 Å². The van der Waals surface area contributed by atoms with E-state index >= 15 is 0 Å². The van der Waals surface area contributed by atoms with Crippen LogP contribution in [0.2, 0.25) is 5.02 Å². The van der Waals surface area contributed by atoms with E-state index in [0.717, 1.165) is 33.5 Å². The van der Waals surface area contributed by atoms with Crippen LogP contribution >= 0.6 is 22.9 Å². The van der Waals surface area contributed by atoms with Gasteiger partial charge < -0.3 is 9.30 Å². The smallest absolute Gasteiger partial charge is 0.288 e. The van der Waals surface area contributed by atoms with E-state index in [1.54, 1.807) is 7.11 Å². The van der Waals surface area contributed by atoms with Crippen LogP contribution in [0, 0.1) is 10.1 Å². The monoisotopic (exact) mass is 479 g/mol. The summed E-state index contributed by atoms with van der Waals surface area (Å²) in [5.74, 6) is 0.148. The summed E-state index contributed by atoms with van der Waals surface area (Å²) in [5.41, 5.74) is 2.57. The van der Waals surface area contributed by atoms with Crippen LogP contribution in [0.1, 0.15) is 10.4 Å². The van der Waals surface area contributed by atoms with Crippen LogP contribution in [0.15, 0.2) is 77.8 Å². The number of aromatic nitrogens is 1. The van der Waals surface area contributed by atoms with E-state index in [9.17, 15) is 14.9 Å². The molecular weight excluding hydrogens is 462 g/mol. The van der Waals surface area contributed by atoms with Crippen LogP contribution in [-0.4, -0.2) is 22.5 Å². The minimum Gasteiger partial charge on any atom is -0.497 e. The summed E-state index contributed by atoms with van der Waals surface area (Å²) in [4.78, 5) is 29.1. The number of thiazole rings is 1. The number of benzene rings is 3. The van der Waals surface area contributed by atoms with Gasteiger partial charge in [0.15, 0.2) is 4.80 Å². The second-order valence-electron chi connectivity index (χ2n) is 7.06. The van der Waals surface area contributed by atoms with Crippen LogP contribution in [0.25, 0.3) is 21.7 Å². The van der Waals surface area contributed by atoms with E-state index in [4.69, 9.17) is 16.3 Å². The Labute approximate surface area is 198 Å². The van der Waals surface area contributed by atoms with Gasteiger partial charge in [0, 0.05) is 18.7 Å². The van der Waals surface area contributed by atoms with E-state index in [1.807, 2.05) is 66.2 Å². The van der Waals surface area contributed by atoms with Crippen LogP contribution in [0.3, 0.4) is 0 Å². The molecule has 0 unspecified atom stereocenters. The third kappa shape index (κ3) is 4.57. The van der Waals surface area contributed by atoms with Gasteiger partial charge in [-0.3, -0.25) is 14.9 Å². The van der Waals surface area contributed by atoms with Gasteiger partial charge >= 0.3 is 0 Å². The van der Waals surface area contributed by atoms with E-state index in [2.05, 4.69) is 4.99 Å². The molecule has 4 aromatic rings. The first-order chi connectivity index (χ1) is 15.9. The van der Waals surface area contributed by atoms with Crippen LogP contribution in [0.4, 0.5) is 5.69 Å². The van der Waals surface area contributed by atoms with Crippen LogP contribution in [0.5, 0.6) is 5.75 Å². The van der Waals surface area contributed by atoms with Crippen molar-refractivity contribution in [3.63, 3.8) is 0 Å². The highest BCUT2D eigenvalue weighted by molar-refractivity contribution is 7.13. The van der Waals surface area contributed by atoms with Gasteiger partial charge in [-0.25, -0.2) is 0 Å². The SMILES string of the molecule is COc1ccc(-c2c(-c3ccccc3)sc(=NC(=O)c3ccc(Cl)c([N+](=O)[O-])c3)n2C)cc1. The van der Waals surface area contributed by atoms with Crippen molar-refractivity contribution in [1.29, 1.82) is 0 Å². The van der Waals surface area contributed by atoms with E-state index in [-0.39, 0.29) is 16.3 Å². The van der Waals surface area contributed by atoms with Crippen molar-refractivity contribution in [3.05, 3.63) is 98.3 Å². The van der Waals surface area contributed by atoms with Gasteiger partial charge in [-0.1, -0.05) is 53.3 Å². The molecule has 3 aromatic carbocycles. The number of rotatable bonds is 5. The summed E-state index contributed by atoms with van der Waals surface area (Å²) in [6, 6.07) is 21.3. The maximum Gasteiger partial charge on any atom is 0.288 e. The van der Waals surface area contributed by atoms with Crippen LogP contribution < -0.4 is 9.54 Å². The molecule has 166 valence electrons. The molecule has 1 amide bonds. The maximum absolute atomic E-state index is 12.9. The zero-order valence-electron chi connectivity index (χ0n) is 17.7. The standard InChI is InChI=1S/C24H18ClN3O4S/c1-27-21(15-8-11-18(32-2)12-9-15)22(16-6-4-3-5-7-16)33-24(27)26-23(29)17-10-13-19(25)20(14-17)28(30)31/h3-14H,1-2H3. The summed E-state index contributed by atoms with van der Waals surface area (Å²) in [6.07, 6.45) is 0. The molecule has 0 spiro atoms. The minimum atomic E-state index is -0.625. The first-order valence-electron chi connectivity index (χ1n) is 9.81. The van der Waals surface area contributed by atoms with Crippen molar-refractivity contribution in [2.75, 3.05) is 7.11 Å². The summed E-state index contributed by atoms with van der Waals surface area (Å²) in [5, 5.41) is 11.1. The third-order valence-electron chi connectivity index (χ3n) is 5.02. The minimum absolute atomic E-state index is 0.0358. The molecule has 0 atom stereocenters. The first kappa shape index (κ1) is 22.4. The van der Waals surface area contributed by atoms with Gasteiger partial charge in [0.05, 0.1) is 22.6 Å². The van der Waals surface area contributed by atoms with Crippen LogP contribution in [-0.2, 0) is 7.05 Å². The highest BCUT2D eigenvalue weighted by Gasteiger charge is 2.18. The fraction of sp³-hybridized carbons (Fsp3) is 0.0833. The Morgan fingerprint density at radius 1 is 1.06 bits per heavy atom. The molecule has 0 aliphatic rings. The maximum atomic E-state index is 12.9. The second kappa shape index (κ2) is 9.40. The number of methoxy groups -OCH3 is 1. The Morgan fingerprint density at radius 3 is 2.39 bits per heavy atom. The molecule has 0 aliphatic carbocycles. The fourth-order valence-corrected chi connectivity index (χ4v) is 4.68. The number of hydrogen-bond acceptors (Lipinski definition) is 5. The van der Waals surface area contributed by atoms with Crippen molar-refractivity contribution in [2.45, 2.75) is 0 Å². The molecule has 7 nitrogen and oxygen atoms in total. The number of nitro benzene ring substituents is 1. The van der Waals surface area contributed by atoms with E-state index < -0.39 is 10.8 Å². The highest BCUT2D eigenvalue weighted by atomic mass is 35.5. The lowest BCUT2D eigenvalue weighted by atomic mass is 10.1. The van der Waals surface area contributed by atoms with Gasteiger partial charge in [-0.2, -0.15) is 4.99 Å². The third-order valence-corrected chi connectivity index (χ3v) is 6.52. The Bertz CT molecular complexity index is 1410. The zero-order valence-corrected chi connectivity index (χ0v) is 19.3. The number of halogens is 1. The quantitative estimate of drug-likeness (QED) is 0.270. The Kier molecular flexibility index (Phi) is 6.39. The molecule has 0 bridgehead atoms. The van der Waals surface area contributed by atoms with Crippen molar-refractivity contribution in [3.8, 4) is 27.4 Å². The largest absolute Gasteiger partial charge is 0.497 e. The number of ether oxygens (including phenoxy) is 1. The Hall–Kier alpha value is -3.75. The molecule has 33 heavy (non-hydrogen) atoms. The normalized spacial score (nSPS) is 11.4. The highest BCUT2D eigenvalue weighted by Crippen LogP contribution is 2.35. The molecule has 1 heterocycles. The molecule has 0 fully saturated rings. The number of amides is 1. The van der Waals surface area contributed by atoms with E-state index in [1.165, 1.54) is 23.5 Å². The fourth-order valence-electron chi connectivity index (χ4n) is 3.35. The zero-order chi connectivity index (χ0) is 23.5. The lowest BCUT2D eigenvalue weighted by molar-refractivity contribution is -0.384. The lowest BCUT2D eigenvalue weighted by Gasteiger charge is -2.08. The number of carbonyl (C=O) groups excluding carboxylic acids is 1. The van der Waals surface area contributed by atoms with Gasteiger partial charge in [-0.05, 0) is 47.5 Å². The molecule has 0 aliphatic heterocycles. The molecule has 4 rings (SSSR count). The first-order valence-corrected chi connectivity index (χ1v) is 11.0. The molecular formula is C24H18ClN3O4S. The predicted octanol–water partition coefficient (Wildman–Crippen LogP) is 5.73. The summed E-state index contributed by atoms with van der Waals surface area (Å²) in [6.45, 7) is 0. The van der Waals surface area contributed by atoms with Gasteiger partial charge in [0.25, 0.3) is 11.6 Å². The molecule has 0 radical (unpaired) electrons. The topological polar surface area (TPSA) is 86.7 Å². The summed E-state index contributed by atoms with van der Waals surface area (Å²) in [7, 11) is 3.44. The van der Waals surface area contributed by atoms with Gasteiger partial charge in [-0.15, -0.1) is 0 Å². The van der Waals surface area contributed by atoms with E-state index in [0.29, 0.717) is 4.80 Å². The molecule has 0 saturated carbocycles. The summed E-state index contributed by atoms with van der Waals surface area (Å²) < 4.78 is 7.11. The Balaban J connectivity index is 1.86. The second-order valence-corrected chi connectivity index (χ2v) is 8.44. The van der Waals surface area contributed by atoms with Gasteiger partial charge in [0.1, 0.15) is 10.8 Å². The lowest BCUT2D eigenvalue weighted by Crippen LogP contribution is -2.14. The Morgan fingerprint density at radius 2 is 1.76 bits per heavy atom.